The van der Waals surface area contributed by atoms with Gasteiger partial charge >= 0.3 is 5.97 Å². The van der Waals surface area contributed by atoms with E-state index in [0.717, 1.165) is 17.2 Å². The third kappa shape index (κ3) is 3.90. The molecule has 0 saturated carbocycles. The zero-order chi connectivity index (χ0) is 19.4. The first kappa shape index (κ1) is 18.0. The molecule has 6 heteroatoms. The van der Waals surface area contributed by atoms with Crippen molar-refractivity contribution < 1.29 is 24.5 Å². The summed E-state index contributed by atoms with van der Waals surface area (Å²) < 4.78 is 4.78. The number of aromatic hydroxyl groups is 2. The zero-order valence-corrected chi connectivity index (χ0v) is 14.5. The number of anilines is 1. The van der Waals surface area contributed by atoms with Crippen molar-refractivity contribution in [2.45, 2.75) is 0 Å². The van der Waals surface area contributed by atoms with Crippen LogP contribution in [-0.4, -0.2) is 29.2 Å². The largest absolute Gasteiger partial charge is 0.508 e. The summed E-state index contributed by atoms with van der Waals surface area (Å²) in [5.41, 5.74) is 2.11. The molecule has 0 spiro atoms. The van der Waals surface area contributed by atoms with Gasteiger partial charge in [-0.25, -0.2) is 4.79 Å². The number of hydrogen-bond acceptors (Lipinski definition) is 5. The first-order valence-electron chi connectivity index (χ1n) is 8.10. The van der Waals surface area contributed by atoms with Crippen LogP contribution in [0.15, 0.2) is 66.7 Å². The number of esters is 1. The molecule has 136 valence electrons. The number of phenolic OH excluding ortho intramolecular Hbond substituents is 2. The number of carbonyl (C=O) groups is 2. The molecule has 0 atom stereocenters. The fraction of sp³-hybridized carbons (Fsp3) is 0.0476. The highest BCUT2D eigenvalue weighted by Crippen LogP contribution is 2.28. The number of nitrogens with one attached hydrogen (secondary N) is 1. The first-order valence-corrected chi connectivity index (χ1v) is 8.10. The van der Waals surface area contributed by atoms with E-state index >= 15 is 0 Å². The minimum atomic E-state index is -0.622. The number of hydrogen-bond donors (Lipinski definition) is 3. The summed E-state index contributed by atoms with van der Waals surface area (Å²) in [6.45, 7) is 0. The molecule has 0 radical (unpaired) electrons. The Hall–Kier alpha value is -3.80. The summed E-state index contributed by atoms with van der Waals surface area (Å²) >= 11 is 0. The van der Waals surface area contributed by atoms with E-state index in [9.17, 15) is 19.8 Å². The van der Waals surface area contributed by atoms with Crippen LogP contribution >= 0.6 is 0 Å². The van der Waals surface area contributed by atoms with Crippen molar-refractivity contribution in [1.82, 2.24) is 0 Å². The molecule has 3 aromatic carbocycles. The summed E-state index contributed by atoms with van der Waals surface area (Å²) in [5.74, 6) is -1.75. The Morgan fingerprint density at radius 2 is 1.56 bits per heavy atom. The second-order valence-electron chi connectivity index (χ2n) is 5.77. The number of amides is 1. The number of ether oxygens (including phenoxy) is 1. The average molecular weight is 363 g/mol. The van der Waals surface area contributed by atoms with Gasteiger partial charge in [-0.15, -0.1) is 0 Å². The van der Waals surface area contributed by atoms with E-state index in [2.05, 4.69) is 5.32 Å². The van der Waals surface area contributed by atoms with E-state index in [1.165, 1.54) is 19.2 Å². The number of rotatable bonds is 4. The molecule has 0 heterocycles. The molecule has 0 aromatic heterocycles. The van der Waals surface area contributed by atoms with Gasteiger partial charge in [0.25, 0.3) is 5.91 Å². The molecule has 0 aliphatic rings. The maximum absolute atomic E-state index is 12.6. The van der Waals surface area contributed by atoms with E-state index in [1.54, 1.807) is 18.2 Å². The minimum Gasteiger partial charge on any atom is -0.508 e. The smallest absolute Gasteiger partial charge is 0.339 e. The van der Waals surface area contributed by atoms with Gasteiger partial charge in [0, 0.05) is 6.07 Å². The standard InChI is InChI=1S/C21H17NO5/c1-27-21(26)16-9-7-14(13-5-3-2-4-6-13)11-18(16)22-20(25)17-10-8-15(23)12-19(17)24/h2-12,23-24H,1H3,(H,22,25). The van der Waals surface area contributed by atoms with Crippen molar-refractivity contribution in [2.24, 2.45) is 0 Å². The number of methoxy groups -OCH3 is 1. The van der Waals surface area contributed by atoms with Crippen molar-refractivity contribution in [3.63, 3.8) is 0 Å². The number of benzene rings is 3. The zero-order valence-electron chi connectivity index (χ0n) is 14.5. The lowest BCUT2D eigenvalue weighted by Crippen LogP contribution is -2.15. The minimum absolute atomic E-state index is 0.0336. The lowest BCUT2D eigenvalue weighted by Gasteiger charge is -2.13. The van der Waals surface area contributed by atoms with Gasteiger partial charge < -0.3 is 20.3 Å². The summed E-state index contributed by atoms with van der Waals surface area (Å²) in [4.78, 5) is 24.6. The molecule has 3 aromatic rings. The summed E-state index contributed by atoms with van der Waals surface area (Å²) in [6, 6.07) is 18.1. The summed E-state index contributed by atoms with van der Waals surface area (Å²) in [5, 5.41) is 21.9. The quantitative estimate of drug-likeness (QED) is 0.613. The topological polar surface area (TPSA) is 95.9 Å². The van der Waals surface area contributed by atoms with E-state index < -0.39 is 11.9 Å². The lowest BCUT2D eigenvalue weighted by atomic mass is 10.0. The second kappa shape index (κ2) is 7.61. The van der Waals surface area contributed by atoms with Crippen LogP contribution in [0.25, 0.3) is 11.1 Å². The summed E-state index contributed by atoms with van der Waals surface area (Å²) in [7, 11) is 1.25. The van der Waals surface area contributed by atoms with Crippen molar-refractivity contribution in [1.29, 1.82) is 0 Å². The van der Waals surface area contributed by atoms with Crippen molar-refractivity contribution in [3.8, 4) is 22.6 Å². The highest BCUT2D eigenvalue weighted by molar-refractivity contribution is 6.09. The van der Waals surface area contributed by atoms with E-state index in [-0.39, 0.29) is 28.3 Å². The highest BCUT2D eigenvalue weighted by Gasteiger charge is 2.18. The van der Waals surface area contributed by atoms with E-state index in [1.807, 2.05) is 30.3 Å². The monoisotopic (exact) mass is 363 g/mol. The Morgan fingerprint density at radius 1 is 0.852 bits per heavy atom. The predicted octanol–water partition coefficient (Wildman–Crippen LogP) is 3.80. The third-order valence-corrected chi connectivity index (χ3v) is 4.01. The molecule has 0 aliphatic heterocycles. The third-order valence-electron chi connectivity index (χ3n) is 4.01. The Morgan fingerprint density at radius 3 is 2.22 bits per heavy atom. The predicted molar refractivity (Wildman–Crippen MR) is 101 cm³/mol. The Kier molecular flexibility index (Phi) is 5.08. The van der Waals surface area contributed by atoms with Gasteiger partial charge in [-0.05, 0) is 35.4 Å². The number of phenols is 2. The maximum Gasteiger partial charge on any atom is 0.339 e. The normalized spacial score (nSPS) is 10.3. The highest BCUT2D eigenvalue weighted by atomic mass is 16.5. The Balaban J connectivity index is 2.00. The van der Waals surface area contributed by atoms with E-state index in [0.29, 0.717) is 0 Å². The summed E-state index contributed by atoms with van der Waals surface area (Å²) in [6.07, 6.45) is 0. The molecule has 0 fully saturated rings. The Labute approximate surface area is 155 Å². The van der Waals surface area contributed by atoms with Crippen molar-refractivity contribution in [3.05, 3.63) is 77.9 Å². The molecular formula is C21H17NO5. The van der Waals surface area contributed by atoms with Crippen molar-refractivity contribution >= 4 is 17.6 Å². The maximum atomic E-state index is 12.6. The average Bonchev–Trinajstić information content (AvgIpc) is 2.68. The SMILES string of the molecule is COC(=O)c1ccc(-c2ccccc2)cc1NC(=O)c1ccc(O)cc1O. The van der Waals surface area contributed by atoms with Crippen LogP contribution in [0, 0.1) is 0 Å². The molecular weight excluding hydrogens is 346 g/mol. The van der Waals surface area contributed by atoms with Gasteiger partial charge in [0.2, 0.25) is 0 Å². The molecule has 0 aliphatic carbocycles. The molecule has 3 N–H and O–H groups in total. The molecule has 0 unspecified atom stereocenters. The van der Waals surface area contributed by atoms with Gasteiger partial charge in [0.15, 0.2) is 0 Å². The second-order valence-corrected chi connectivity index (χ2v) is 5.77. The van der Waals surface area contributed by atoms with Crippen LogP contribution in [0.5, 0.6) is 11.5 Å². The van der Waals surface area contributed by atoms with Crippen LogP contribution < -0.4 is 5.32 Å². The molecule has 3 rings (SSSR count). The fourth-order valence-electron chi connectivity index (χ4n) is 2.65. The van der Waals surface area contributed by atoms with Crippen LogP contribution in [0.2, 0.25) is 0 Å². The first-order chi connectivity index (χ1) is 13.0. The van der Waals surface area contributed by atoms with Gasteiger partial charge in [-0.3, -0.25) is 4.79 Å². The number of carbonyl (C=O) groups excluding carboxylic acids is 2. The molecule has 1 amide bonds. The van der Waals surface area contributed by atoms with Gasteiger partial charge in [-0.2, -0.15) is 0 Å². The molecule has 0 saturated heterocycles. The van der Waals surface area contributed by atoms with Crippen molar-refractivity contribution in [2.75, 3.05) is 12.4 Å². The van der Waals surface area contributed by atoms with Gasteiger partial charge in [0.1, 0.15) is 11.5 Å². The Bertz CT molecular complexity index is 999. The van der Waals surface area contributed by atoms with Crippen LogP contribution in [0.4, 0.5) is 5.69 Å². The lowest BCUT2D eigenvalue weighted by molar-refractivity contribution is 0.0602. The molecule has 27 heavy (non-hydrogen) atoms. The van der Waals surface area contributed by atoms with Crippen LogP contribution in [0.3, 0.4) is 0 Å². The fourth-order valence-corrected chi connectivity index (χ4v) is 2.65. The van der Waals surface area contributed by atoms with Gasteiger partial charge in [0.05, 0.1) is 23.9 Å². The van der Waals surface area contributed by atoms with Crippen LogP contribution in [0.1, 0.15) is 20.7 Å². The van der Waals surface area contributed by atoms with Crippen LogP contribution in [-0.2, 0) is 4.74 Å². The molecule has 0 bridgehead atoms. The van der Waals surface area contributed by atoms with E-state index in [4.69, 9.17) is 4.74 Å². The molecule has 6 nitrogen and oxygen atoms in total. The van der Waals surface area contributed by atoms with Gasteiger partial charge in [-0.1, -0.05) is 36.4 Å².